The molecule has 0 radical (unpaired) electrons. The van der Waals surface area contributed by atoms with Gasteiger partial charge in [-0.1, -0.05) is 12.1 Å². The summed E-state index contributed by atoms with van der Waals surface area (Å²) in [5, 5.41) is 10.3. The maximum Gasteiger partial charge on any atom is 0.256 e. The summed E-state index contributed by atoms with van der Waals surface area (Å²) in [5.74, 6) is 1.51. The first-order valence-corrected chi connectivity index (χ1v) is 8.63. The molecule has 1 aliphatic rings. The molecule has 0 spiro atoms. The zero-order valence-corrected chi connectivity index (χ0v) is 15.0. The van der Waals surface area contributed by atoms with E-state index in [0.717, 1.165) is 0 Å². The lowest BCUT2D eigenvalue weighted by molar-refractivity contribution is -0.113. The normalized spacial score (nSPS) is 15.9. The Labute approximate surface area is 155 Å². The second-order valence-corrected chi connectivity index (χ2v) is 5.99. The van der Waals surface area contributed by atoms with Crippen LogP contribution in [0.15, 0.2) is 64.7 Å². The Hall–Kier alpha value is -3.55. The number of allylic oxidation sites excluding steroid dienone is 1. The summed E-state index contributed by atoms with van der Waals surface area (Å²) in [6.07, 6.45) is 3.01. The molecule has 1 aromatic carbocycles. The molecule has 0 bridgehead atoms. The molecule has 0 unspecified atom stereocenters. The number of aromatic nitrogens is 3. The van der Waals surface area contributed by atoms with Crippen LogP contribution in [0.25, 0.3) is 0 Å². The lowest BCUT2D eigenvalue weighted by Gasteiger charge is -2.27. The van der Waals surface area contributed by atoms with Crippen LogP contribution in [-0.2, 0) is 4.79 Å². The zero-order valence-electron chi connectivity index (χ0n) is 15.0. The predicted octanol–water partition coefficient (Wildman–Crippen LogP) is 3.20. The summed E-state index contributed by atoms with van der Waals surface area (Å²) in [6.45, 7) is 4.24. The second kappa shape index (κ2) is 6.99. The van der Waals surface area contributed by atoms with Gasteiger partial charge in [0, 0.05) is 5.70 Å². The van der Waals surface area contributed by atoms with E-state index >= 15 is 0 Å². The van der Waals surface area contributed by atoms with Gasteiger partial charge >= 0.3 is 0 Å². The number of carbonyl (C=O) groups excluding carboxylic acids is 1. The molecule has 0 fully saturated rings. The van der Waals surface area contributed by atoms with Gasteiger partial charge in [-0.3, -0.25) is 4.79 Å². The molecule has 0 saturated carbocycles. The maximum absolute atomic E-state index is 13.2. The van der Waals surface area contributed by atoms with Crippen molar-refractivity contribution in [2.75, 3.05) is 17.2 Å². The van der Waals surface area contributed by atoms with Crippen molar-refractivity contribution in [3.05, 3.63) is 66.0 Å². The molecule has 1 amide bonds. The fourth-order valence-electron chi connectivity index (χ4n) is 3.14. The van der Waals surface area contributed by atoms with Crippen LogP contribution in [0, 0.1) is 0 Å². The lowest BCUT2D eigenvalue weighted by atomic mass is 10.00. The Morgan fingerprint density at radius 3 is 2.96 bits per heavy atom. The molecule has 4 rings (SSSR count). The Morgan fingerprint density at radius 2 is 2.19 bits per heavy atom. The number of hydrogen-bond donors (Lipinski definition) is 2. The molecule has 3 heterocycles. The Balaban J connectivity index is 1.72. The molecule has 2 aromatic heterocycles. The summed E-state index contributed by atoms with van der Waals surface area (Å²) in [4.78, 5) is 17.4. The highest BCUT2D eigenvalue weighted by Crippen LogP contribution is 2.36. The Bertz CT molecular complexity index is 990. The third-order valence-electron chi connectivity index (χ3n) is 4.29. The number of anilines is 2. The SMILES string of the molecule is CCOc1ccccc1NC(=O)C1=C(C)Nc2ncnn2[C@@H]1c1ccco1. The molecular weight excluding hydrogens is 346 g/mol. The molecule has 0 aliphatic carbocycles. The molecule has 2 N–H and O–H groups in total. The monoisotopic (exact) mass is 365 g/mol. The van der Waals surface area contributed by atoms with Crippen molar-refractivity contribution in [1.29, 1.82) is 0 Å². The zero-order chi connectivity index (χ0) is 18.8. The van der Waals surface area contributed by atoms with Crippen molar-refractivity contribution >= 4 is 17.5 Å². The standard InChI is InChI=1S/C19H19N5O3/c1-3-26-14-8-5-4-7-13(14)23-18(25)16-12(2)22-19-20-11-21-24(19)17(16)15-9-6-10-27-15/h4-11,17H,3H2,1-2H3,(H,23,25)(H,20,21,22)/t17-/m1/s1. The summed E-state index contributed by atoms with van der Waals surface area (Å²) in [5.41, 5.74) is 1.78. The van der Waals surface area contributed by atoms with Crippen LogP contribution in [0.4, 0.5) is 11.6 Å². The molecule has 8 heteroatoms. The van der Waals surface area contributed by atoms with E-state index in [9.17, 15) is 4.79 Å². The minimum absolute atomic E-state index is 0.269. The minimum Gasteiger partial charge on any atom is -0.492 e. The quantitative estimate of drug-likeness (QED) is 0.721. The van der Waals surface area contributed by atoms with Gasteiger partial charge in [0.25, 0.3) is 5.91 Å². The van der Waals surface area contributed by atoms with E-state index in [-0.39, 0.29) is 5.91 Å². The number of benzene rings is 1. The average Bonchev–Trinajstić information content (AvgIpc) is 3.33. The van der Waals surface area contributed by atoms with Gasteiger partial charge in [-0.05, 0) is 38.1 Å². The summed E-state index contributed by atoms with van der Waals surface area (Å²) in [6, 6.07) is 10.4. The number of furan rings is 1. The van der Waals surface area contributed by atoms with Gasteiger partial charge < -0.3 is 19.8 Å². The van der Waals surface area contributed by atoms with Crippen molar-refractivity contribution in [3.63, 3.8) is 0 Å². The van der Waals surface area contributed by atoms with E-state index in [1.54, 1.807) is 23.1 Å². The fourth-order valence-corrected chi connectivity index (χ4v) is 3.14. The largest absolute Gasteiger partial charge is 0.492 e. The van der Waals surface area contributed by atoms with E-state index in [2.05, 4.69) is 20.7 Å². The first kappa shape index (κ1) is 16.9. The number of nitrogens with zero attached hydrogens (tertiary/aromatic N) is 3. The molecule has 1 aliphatic heterocycles. The van der Waals surface area contributed by atoms with Crippen molar-refractivity contribution in [1.82, 2.24) is 14.8 Å². The number of fused-ring (bicyclic) bond motifs is 1. The summed E-state index contributed by atoms with van der Waals surface area (Å²) < 4.78 is 12.8. The predicted molar refractivity (Wildman–Crippen MR) is 99.4 cm³/mol. The third kappa shape index (κ3) is 3.05. The first-order chi connectivity index (χ1) is 13.2. The molecule has 3 aromatic rings. The van der Waals surface area contributed by atoms with Crippen molar-refractivity contribution in [3.8, 4) is 5.75 Å². The second-order valence-electron chi connectivity index (χ2n) is 5.99. The highest BCUT2D eigenvalue weighted by Gasteiger charge is 2.35. The van der Waals surface area contributed by atoms with Crippen LogP contribution < -0.4 is 15.4 Å². The van der Waals surface area contributed by atoms with Gasteiger partial charge in [0.15, 0.2) is 0 Å². The van der Waals surface area contributed by atoms with Crippen LogP contribution >= 0.6 is 0 Å². The van der Waals surface area contributed by atoms with E-state index in [4.69, 9.17) is 9.15 Å². The van der Waals surface area contributed by atoms with Crippen LogP contribution in [0.5, 0.6) is 5.75 Å². The number of rotatable bonds is 5. The topological polar surface area (TPSA) is 94.2 Å². The van der Waals surface area contributed by atoms with Gasteiger partial charge in [0.2, 0.25) is 5.95 Å². The van der Waals surface area contributed by atoms with Gasteiger partial charge in [0.05, 0.1) is 24.1 Å². The summed E-state index contributed by atoms with van der Waals surface area (Å²) >= 11 is 0. The number of carbonyl (C=O) groups is 1. The molecule has 8 nitrogen and oxygen atoms in total. The van der Waals surface area contributed by atoms with Gasteiger partial charge in [-0.15, -0.1) is 0 Å². The van der Waals surface area contributed by atoms with Crippen LogP contribution in [0.2, 0.25) is 0 Å². The number of nitrogens with one attached hydrogen (secondary N) is 2. The molecule has 27 heavy (non-hydrogen) atoms. The van der Waals surface area contributed by atoms with Crippen molar-refractivity contribution in [2.24, 2.45) is 0 Å². The minimum atomic E-state index is -0.516. The number of para-hydroxylation sites is 2. The number of ether oxygens (including phenoxy) is 1. The molecular formula is C19H19N5O3. The van der Waals surface area contributed by atoms with E-state index in [0.29, 0.717) is 41.0 Å². The van der Waals surface area contributed by atoms with Gasteiger partial charge in [-0.25, -0.2) is 4.68 Å². The van der Waals surface area contributed by atoms with Gasteiger partial charge in [0.1, 0.15) is 23.9 Å². The van der Waals surface area contributed by atoms with Crippen LogP contribution in [0.3, 0.4) is 0 Å². The molecule has 138 valence electrons. The smallest absolute Gasteiger partial charge is 0.256 e. The fraction of sp³-hybridized carbons (Fsp3) is 0.211. The Kier molecular flexibility index (Phi) is 4.37. The lowest BCUT2D eigenvalue weighted by Crippen LogP contribution is -2.31. The molecule has 1 atom stereocenters. The number of amides is 1. The van der Waals surface area contributed by atoms with E-state index in [1.807, 2.05) is 38.1 Å². The average molecular weight is 365 g/mol. The van der Waals surface area contributed by atoms with E-state index < -0.39 is 6.04 Å². The van der Waals surface area contributed by atoms with Gasteiger partial charge in [-0.2, -0.15) is 10.1 Å². The van der Waals surface area contributed by atoms with E-state index in [1.165, 1.54) is 6.33 Å². The number of hydrogen-bond acceptors (Lipinski definition) is 6. The van der Waals surface area contributed by atoms with Crippen molar-refractivity contribution < 1.29 is 13.9 Å². The summed E-state index contributed by atoms with van der Waals surface area (Å²) in [7, 11) is 0. The third-order valence-corrected chi connectivity index (χ3v) is 4.29. The maximum atomic E-state index is 13.2. The molecule has 0 saturated heterocycles. The Morgan fingerprint density at radius 1 is 1.33 bits per heavy atom. The highest BCUT2D eigenvalue weighted by atomic mass is 16.5. The van der Waals surface area contributed by atoms with Crippen molar-refractivity contribution in [2.45, 2.75) is 19.9 Å². The van der Waals surface area contributed by atoms with Crippen LogP contribution in [0.1, 0.15) is 25.6 Å². The van der Waals surface area contributed by atoms with Crippen LogP contribution in [-0.4, -0.2) is 27.3 Å². The first-order valence-electron chi connectivity index (χ1n) is 8.63. The highest BCUT2D eigenvalue weighted by molar-refractivity contribution is 6.06.